The second-order valence-electron chi connectivity index (χ2n) is 7.00. The van der Waals surface area contributed by atoms with E-state index in [0.717, 1.165) is 44.6 Å². The van der Waals surface area contributed by atoms with Crippen LogP contribution in [0.2, 0.25) is 0 Å². The number of carbonyl (C=O) groups excluding carboxylic acids is 1. The second-order valence-corrected chi connectivity index (χ2v) is 7.00. The highest BCUT2D eigenvalue weighted by Crippen LogP contribution is 2.29. The van der Waals surface area contributed by atoms with Crippen molar-refractivity contribution in [1.29, 1.82) is 0 Å². The number of aromatic nitrogens is 1. The first-order chi connectivity index (χ1) is 11.1. The van der Waals surface area contributed by atoms with E-state index in [1.807, 2.05) is 19.2 Å². The van der Waals surface area contributed by atoms with E-state index < -0.39 is 0 Å². The molecule has 2 saturated heterocycles. The van der Waals surface area contributed by atoms with Crippen LogP contribution in [-0.4, -0.2) is 60.1 Å². The van der Waals surface area contributed by atoms with Gasteiger partial charge in [0.05, 0.1) is 0 Å². The number of carbonyl (C=O) groups is 1. The van der Waals surface area contributed by atoms with Crippen molar-refractivity contribution in [1.82, 2.24) is 20.1 Å². The highest BCUT2D eigenvalue weighted by atomic mass is 16.2. The van der Waals surface area contributed by atoms with Crippen LogP contribution in [-0.2, 0) is 6.42 Å². The molecule has 2 aliphatic heterocycles. The van der Waals surface area contributed by atoms with Gasteiger partial charge in [0, 0.05) is 37.6 Å². The van der Waals surface area contributed by atoms with Crippen molar-refractivity contribution in [2.75, 3.05) is 33.2 Å². The number of hydrogen-bond acceptors (Lipinski definition) is 3. The highest BCUT2D eigenvalue weighted by Gasteiger charge is 2.37. The molecule has 2 amide bonds. The van der Waals surface area contributed by atoms with Crippen LogP contribution in [0.5, 0.6) is 0 Å². The number of nitrogens with one attached hydrogen (secondary N) is 1. The van der Waals surface area contributed by atoms with Gasteiger partial charge in [-0.15, -0.1) is 0 Å². The molecule has 0 aliphatic carbocycles. The van der Waals surface area contributed by atoms with Gasteiger partial charge in [0.25, 0.3) is 0 Å². The lowest BCUT2D eigenvalue weighted by Gasteiger charge is -2.46. The predicted molar refractivity (Wildman–Crippen MR) is 91.4 cm³/mol. The van der Waals surface area contributed by atoms with E-state index >= 15 is 0 Å². The fraction of sp³-hybridized carbons (Fsp3) is 0.667. The number of likely N-dealkylation sites (tertiary alicyclic amines) is 2. The Labute approximate surface area is 139 Å². The Morgan fingerprint density at radius 1 is 1.35 bits per heavy atom. The fourth-order valence-electron chi connectivity index (χ4n) is 3.90. The Hall–Kier alpha value is -1.62. The molecule has 5 nitrogen and oxygen atoms in total. The fourth-order valence-corrected chi connectivity index (χ4v) is 3.90. The molecule has 3 heterocycles. The molecule has 0 aromatic carbocycles. The molecule has 1 aromatic rings. The Kier molecular flexibility index (Phi) is 5.16. The molecule has 0 saturated carbocycles. The molecule has 0 spiro atoms. The maximum absolute atomic E-state index is 12.6. The highest BCUT2D eigenvalue weighted by molar-refractivity contribution is 5.74. The SMILES string of the molecule is Cc1ccc(CCNC(=O)N2CCC[C@H]3CN(C)CC[C@H]32)cn1. The number of fused-ring (bicyclic) bond motifs is 1. The van der Waals surface area contributed by atoms with Crippen molar-refractivity contribution < 1.29 is 4.79 Å². The molecular weight excluding hydrogens is 288 g/mol. The lowest BCUT2D eigenvalue weighted by Crippen LogP contribution is -2.57. The van der Waals surface area contributed by atoms with Crippen molar-refractivity contribution >= 4 is 6.03 Å². The first-order valence-electron chi connectivity index (χ1n) is 8.78. The van der Waals surface area contributed by atoms with Crippen LogP contribution in [0.3, 0.4) is 0 Å². The van der Waals surface area contributed by atoms with Crippen LogP contribution in [0.15, 0.2) is 18.3 Å². The van der Waals surface area contributed by atoms with Crippen LogP contribution in [0.25, 0.3) is 0 Å². The largest absolute Gasteiger partial charge is 0.338 e. The minimum Gasteiger partial charge on any atom is -0.338 e. The summed E-state index contributed by atoms with van der Waals surface area (Å²) in [6.45, 7) is 5.80. The summed E-state index contributed by atoms with van der Waals surface area (Å²) in [7, 11) is 2.19. The van der Waals surface area contributed by atoms with Gasteiger partial charge < -0.3 is 15.1 Å². The van der Waals surface area contributed by atoms with Gasteiger partial charge in [0.1, 0.15) is 0 Å². The predicted octanol–water partition coefficient (Wildman–Crippen LogP) is 2.06. The number of rotatable bonds is 3. The summed E-state index contributed by atoms with van der Waals surface area (Å²) < 4.78 is 0. The summed E-state index contributed by atoms with van der Waals surface area (Å²) in [6.07, 6.45) is 6.23. The van der Waals surface area contributed by atoms with Crippen LogP contribution in [0.4, 0.5) is 4.79 Å². The van der Waals surface area contributed by atoms with Gasteiger partial charge in [0.15, 0.2) is 0 Å². The van der Waals surface area contributed by atoms with Crippen molar-refractivity contribution in [2.24, 2.45) is 5.92 Å². The smallest absolute Gasteiger partial charge is 0.317 e. The molecule has 126 valence electrons. The first-order valence-corrected chi connectivity index (χ1v) is 8.78. The molecule has 0 bridgehead atoms. The quantitative estimate of drug-likeness (QED) is 0.928. The number of pyridine rings is 1. The number of piperidine rings is 2. The Morgan fingerprint density at radius 3 is 3.00 bits per heavy atom. The van der Waals surface area contributed by atoms with E-state index in [0.29, 0.717) is 18.5 Å². The molecule has 3 rings (SSSR count). The van der Waals surface area contributed by atoms with E-state index in [1.165, 1.54) is 12.0 Å². The van der Waals surface area contributed by atoms with Gasteiger partial charge in [-0.3, -0.25) is 4.98 Å². The van der Waals surface area contributed by atoms with Gasteiger partial charge in [0.2, 0.25) is 0 Å². The molecule has 2 atom stereocenters. The summed E-state index contributed by atoms with van der Waals surface area (Å²) in [5.74, 6) is 0.648. The maximum Gasteiger partial charge on any atom is 0.317 e. The van der Waals surface area contributed by atoms with Crippen LogP contribution in [0.1, 0.15) is 30.5 Å². The zero-order valence-electron chi connectivity index (χ0n) is 14.3. The van der Waals surface area contributed by atoms with Gasteiger partial charge in [-0.2, -0.15) is 0 Å². The minimum absolute atomic E-state index is 0.115. The average molecular weight is 316 g/mol. The molecule has 5 heteroatoms. The lowest BCUT2D eigenvalue weighted by molar-refractivity contribution is 0.0534. The van der Waals surface area contributed by atoms with E-state index in [9.17, 15) is 4.79 Å². The van der Waals surface area contributed by atoms with Gasteiger partial charge in [-0.25, -0.2) is 4.79 Å². The maximum atomic E-state index is 12.6. The number of aryl methyl sites for hydroxylation is 1. The normalized spacial score (nSPS) is 25.0. The van der Waals surface area contributed by atoms with Gasteiger partial charge >= 0.3 is 6.03 Å². The van der Waals surface area contributed by atoms with E-state index in [4.69, 9.17) is 0 Å². The van der Waals surface area contributed by atoms with Gasteiger partial charge in [-0.1, -0.05) is 6.07 Å². The Morgan fingerprint density at radius 2 is 2.22 bits per heavy atom. The number of hydrogen-bond donors (Lipinski definition) is 1. The van der Waals surface area contributed by atoms with Crippen LogP contribution >= 0.6 is 0 Å². The molecule has 1 aromatic heterocycles. The van der Waals surface area contributed by atoms with E-state index in [1.54, 1.807) is 0 Å². The number of urea groups is 1. The minimum atomic E-state index is 0.115. The van der Waals surface area contributed by atoms with Gasteiger partial charge in [-0.05, 0) is 63.7 Å². The molecule has 0 radical (unpaired) electrons. The Bertz CT molecular complexity index is 530. The summed E-state index contributed by atoms with van der Waals surface area (Å²) in [6, 6.07) is 4.65. The van der Waals surface area contributed by atoms with E-state index in [-0.39, 0.29) is 6.03 Å². The average Bonchev–Trinajstić information content (AvgIpc) is 2.55. The molecule has 2 aliphatic rings. The monoisotopic (exact) mass is 316 g/mol. The summed E-state index contributed by atoms with van der Waals surface area (Å²) in [4.78, 5) is 21.4. The van der Waals surface area contributed by atoms with Crippen molar-refractivity contribution in [3.63, 3.8) is 0 Å². The van der Waals surface area contributed by atoms with Crippen LogP contribution in [0, 0.1) is 12.8 Å². The number of amides is 2. The van der Waals surface area contributed by atoms with Crippen molar-refractivity contribution in [3.05, 3.63) is 29.6 Å². The third-order valence-electron chi connectivity index (χ3n) is 5.19. The standard InChI is InChI=1S/C18H28N4O/c1-14-5-6-15(12-20-14)7-9-19-18(23)22-10-3-4-16-13-21(2)11-8-17(16)22/h5-6,12,16-17H,3-4,7-11,13H2,1-2H3,(H,19,23)/t16-,17+/m0/s1. The number of nitrogens with zero attached hydrogens (tertiary/aromatic N) is 3. The third kappa shape index (κ3) is 4.02. The summed E-state index contributed by atoms with van der Waals surface area (Å²) in [5.41, 5.74) is 2.20. The molecule has 1 N–H and O–H groups in total. The summed E-state index contributed by atoms with van der Waals surface area (Å²) >= 11 is 0. The molecular formula is C18H28N4O. The molecule has 0 unspecified atom stereocenters. The summed E-state index contributed by atoms with van der Waals surface area (Å²) in [5, 5.41) is 3.11. The van der Waals surface area contributed by atoms with E-state index in [2.05, 4.69) is 33.2 Å². The topological polar surface area (TPSA) is 48.5 Å². The van der Waals surface area contributed by atoms with Crippen molar-refractivity contribution in [2.45, 2.75) is 38.6 Å². The third-order valence-corrected chi connectivity index (χ3v) is 5.19. The Balaban J connectivity index is 1.50. The first kappa shape index (κ1) is 16.2. The second kappa shape index (κ2) is 7.30. The molecule has 23 heavy (non-hydrogen) atoms. The molecule has 2 fully saturated rings. The zero-order chi connectivity index (χ0) is 16.2. The lowest BCUT2D eigenvalue weighted by atomic mass is 9.84. The van der Waals surface area contributed by atoms with Crippen molar-refractivity contribution in [3.8, 4) is 0 Å². The zero-order valence-corrected chi connectivity index (χ0v) is 14.3. The van der Waals surface area contributed by atoms with Crippen LogP contribution < -0.4 is 5.32 Å².